The highest BCUT2D eigenvalue weighted by atomic mass is 16.5. The van der Waals surface area contributed by atoms with Gasteiger partial charge in [-0.15, -0.1) is 0 Å². The first kappa shape index (κ1) is 18.9. The van der Waals surface area contributed by atoms with Crippen molar-refractivity contribution in [3.63, 3.8) is 0 Å². The Hall–Kier alpha value is -2.49. The summed E-state index contributed by atoms with van der Waals surface area (Å²) in [6.07, 6.45) is 3.66. The van der Waals surface area contributed by atoms with E-state index in [2.05, 4.69) is 67.1 Å². The van der Waals surface area contributed by atoms with E-state index in [1.54, 1.807) is 0 Å². The molecule has 0 bridgehead atoms. The Balaban J connectivity index is 1.71. The predicted molar refractivity (Wildman–Crippen MR) is 116 cm³/mol. The molecule has 4 nitrogen and oxygen atoms in total. The summed E-state index contributed by atoms with van der Waals surface area (Å²) < 4.78 is 8.00. The van der Waals surface area contributed by atoms with Gasteiger partial charge < -0.3 is 14.6 Å². The fraction of sp³-hybridized carbons (Fsp3) is 0.458. The average molecular weight is 378 g/mol. The Morgan fingerprint density at radius 3 is 2.57 bits per heavy atom. The van der Waals surface area contributed by atoms with Gasteiger partial charge in [0.15, 0.2) is 0 Å². The SMILES string of the molecule is CCOc1ccc(Nc2nc3ccccc3n2[C@H]2C[C@H](C)CC(C)(C)C2)cc1. The molecule has 28 heavy (non-hydrogen) atoms. The van der Waals surface area contributed by atoms with E-state index in [4.69, 9.17) is 9.72 Å². The zero-order valence-electron chi connectivity index (χ0n) is 17.4. The van der Waals surface area contributed by atoms with Crippen molar-refractivity contribution in [1.82, 2.24) is 9.55 Å². The van der Waals surface area contributed by atoms with Crippen LogP contribution >= 0.6 is 0 Å². The molecule has 0 saturated heterocycles. The second-order valence-electron chi connectivity index (χ2n) is 8.94. The molecule has 0 amide bonds. The molecule has 1 aromatic heterocycles. The quantitative estimate of drug-likeness (QED) is 0.547. The van der Waals surface area contributed by atoms with Crippen LogP contribution in [0.2, 0.25) is 0 Å². The van der Waals surface area contributed by atoms with E-state index in [-0.39, 0.29) is 0 Å². The lowest BCUT2D eigenvalue weighted by molar-refractivity contribution is 0.140. The largest absolute Gasteiger partial charge is 0.494 e. The van der Waals surface area contributed by atoms with E-state index in [0.717, 1.165) is 22.9 Å². The Morgan fingerprint density at radius 2 is 1.86 bits per heavy atom. The van der Waals surface area contributed by atoms with Crippen molar-refractivity contribution in [1.29, 1.82) is 0 Å². The topological polar surface area (TPSA) is 39.1 Å². The van der Waals surface area contributed by atoms with E-state index < -0.39 is 0 Å². The zero-order valence-corrected chi connectivity index (χ0v) is 17.4. The smallest absolute Gasteiger partial charge is 0.208 e. The lowest BCUT2D eigenvalue weighted by Crippen LogP contribution is -2.29. The highest BCUT2D eigenvalue weighted by Crippen LogP contribution is 2.46. The molecule has 1 N–H and O–H groups in total. The van der Waals surface area contributed by atoms with Gasteiger partial charge >= 0.3 is 0 Å². The van der Waals surface area contributed by atoms with Crippen LogP contribution in [0.1, 0.15) is 53.0 Å². The fourth-order valence-corrected chi connectivity index (χ4v) is 4.92. The molecule has 1 saturated carbocycles. The van der Waals surface area contributed by atoms with Crippen molar-refractivity contribution in [2.45, 2.75) is 53.0 Å². The van der Waals surface area contributed by atoms with Gasteiger partial charge in [-0.3, -0.25) is 0 Å². The van der Waals surface area contributed by atoms with Gasteiger partial charge in [0.2, 0.25) is 5.95 Å². The number of anilines is 2. The van der Waals surface area contributed by atoms with Gasteiger partial charge in [-0.2, -0.15) is 0 Å². The number of aromatic nitrogens is 2. The maximum atomic E-state index is 5.56. The second kappa shape index (κ2) is 7.50. The highest BCUT2D eigenvalue weighted by molar-refractivity contribution is 5.80. The van der Waals surface area contributed by atoms with Crippen molar-refractivity contribution in [2.24, 2.45) is 11.3 Å². The molecule has 3 aromatic rings. The highest BCUT2D eigenvalue weighted by Gasteiger charge is 2.34. The minimum atomic E-state index is 0.351. The maximum absolute atomic E-state index is 5.56. The Morgan fingerprint density at radius 1 is 1.11 bits per heavy atom. The van der Waals surface area contributed by atoms with Crippen molar-refractivity contribution in [3.8, 4) is 5.75 Å². The number of imidazole rings is 1. The van der Waals surface area contributed by atoms with E-state index >= 15 is 0 Å². The third kappa shape index (κ3) is 3.87. The molecule has 1 aliphatic rings. The van der Waals surface area contributed by atoms with Crippen LogP contribution in [-0.4, -0.2) is 16.2 Å². The zero-order chi connectivity index (χ0) is 19.7. The molecule has 4 heteroatoms. The van der Waals surface area contributed by atoms with Crippen LogP contribution in [0.15, 0.2) is 48.5 Å². The van der Waals surface area contributed by atoms with Crippen molar-refractivity contribution >= 4 is 22.7 Å². The van der Waals surface area contributed by atoms with E-state index in [1.165, 1.54) is 24.8 Å². The lowest BCUT2D eigenvalue weighted by Gasteiger charge is -2.40. The van der Waals surface area contributed by atoms with Crippen LogP contribution < -0.4 is 10.1 Å². The molecule has 1 aliphatic carbocycles. The van der Waals surface area contributed by atoms with Gasteiger partial charge in [-0.05, 0) is 73.9 Å². The van der Waals surface area contributed by atoms with Crippen molar-refractivity contribution in [3.05, 3.63) is 48.5 Å². The minimum absolute atomic E-state index is 0.351. The van der Waals surface area contributed by atoms with Crippen molar-refractivity contribution in [2.75, 3.05) is 11.9 Å². The molecule has 1 fully saturated rings. The minimum Gasteiger partial charge on any atom is -0.494 e. The molecule has 0 spiro atoms. The molecule has 148 valence electrons. The standard InChI is InChI=1S/C24H31N3O/c1-5-28-20-12-10-18(11-13-20)25-23-26-21-8-6-7-9-22(21)27(23)19-14-17(2)15-24(3,4)16-19/h6-13,17,19H,5,14-16H2,1-4H3,(H,25,26)/t17-,19-/m0/s1. The van der Waals surface area contributed by atoms with Gasteiger partial charge in [0.25, 0.3) is 0 Å². The summed E-state index contributed by atoms with van der Waals surface area (Å²) in [7, 11) is 0. The Labute approximate surface area is 167 Å². The molecule has 2 aromatic carbocycles. The summed E-state index contributed by atoms with van der Waals surface area (Å²) >= 11 is 0. The third-order valence-corrected chi connectivity index (χ3v) is 5.75. The van der Waals surface area contributed by atoms with Crippen LogP contribution in [0.3, 0.4) is 0 Å². The maximum Gasteiger partial charge on any atom is 0.208 e. The third-order valence-electron chi connectivity index (χ3n) is 5.75. The second-order valence-corrected chi connectivity index (χ2v) is 8.94. The first-order chi connectivity index (χ1) is 13.4. The van der Waals surface area contributed by atoms with Gasteiger partial charge in [0, 0.05) is 11.7 Å². The summed E-state index contributed by atoms with van der Waals surface area (Å²) in [5.74, 6) is 2.54. The summed E-state index contributed by atoms with van der Waals surface area (Å²) in [6, 6.07) is 17.0. The number of nitrogens with one attached hydrogen (secondary N) is 1. The number of benzene rings is 2. The van der Waals surface area contributed by atoms with E-state index in [0.29, 0.717) is 24.0 Å². The monoisotopic (exact) mass is 377 g/mol. The van der Waals surface area contributed by atoms with Crippen LogP contribution in [0.25, 0.3) is 11.0 Å². The predicted octanol–water partition coefficient (Wildman–Crippen LogP) is 6.57. The van der Waals surface area contributed by atoms with Crippen LogP contribution in [0.5, 0.6) is 5.75 Å². The van der Waals surface area contributed by atoms with Crippen molar-refractivity contribution < 1.29 is 4.74 Å². The first-order valence-corrected chi connectivity index (χ1v) is 10.4. The Kier molecular flexibility index (Phi) is 5.05. The van der Waals surface area contributed by atoms with Gasteiger partial charge in [-0.1, -0.05) is 32.9 Å². The molecule has 4 rings (SSSR count). The molecule has 0 aliphatic heterocycles. The fourth-order valence-electron chi connectivity index (χ4n) is 4.92. The van der Waals surface area contributed by atoms with Crippen LogP contribution in [0.4, 0.5) is 11.6 Å². The molecule has 1 heterocycles. The lowest BCUT2D eigenvalue weighted by atomic mass is 9.70. The molecule has 0 unspecified atom stereocenters. The normalized spacial score (nSPS) is 21.6. The van der Waals surface area contributed by atoms with Crippen LogP contribution in [-0.2, 0) is 0 Å². The molecule has 2 atom stereocenters. The van der Waals surface area contributed by atoms with E-state index in [9.17, 15) is 0 Å². The summed E-state index contributed by atoms with van der Waals surface area (Å²) in [4.78, 5) is 4.94. The average Bonchev–Trinajstić information content (AvgIpc) is 3.00. The Bertz CT molecular complexity index is 942. The van der Waals surface area contributed by atoms with Gasteiger partial charge in [-0.25, -0.2) is 4.98 Å². The number of fused-ring (bicyclic) bond motifs is 1. The van der Waals surface area contributed by atoms with Crippen LogP contribution in [0, 0.1) is 11.3 Å². The molecule has 0 radical (unpaired) electrons. The summed E-state index contributed by atoms with van der Waals surface area (Å²) in [5, 5.41) is 3.57. The van der Waals surface area contributed by atoms with Gasteiger partial charge in [0.1, 0.15) is 5.75 Å². The number of ether oxygens (including phenoxy) is 1. The number of para-hydroxylation sites is 2. The molecular weight excluding hydrogens is 346 g/mol. The number of rotatable bonds is 5. The molecular formula is C24H31N3O. The summed E-state index contributed by atoms with van der Waals surface area (Å²) in [5.41, 5.74) is 3.64. The van der Waals surface area contributed by atoms with Gasteiger partial charge in [0.05, 0.1) is 17.6 Å². The number of hydrogen-bond donors (Lipinski definition) is 1. The first-order valence-electron chi connectivity index (χ1n) is 10.4. The number of nitrogens with zero attached hydrogens (tertiary/aromatic N) is 2. The van der Waals surface area contributed by atoms with E-state index in [1.807, 2.05) is 19.1 Å². The summed E-state index contributed by atoms with van der Waals surface area (Å²) in [6.45, 7) is 9.86. The number of hydrogen-bond acceptors (Lipinski definition) is 3.